The van der Waals surface area contributed by atoms with Gasteiger partial charge in [0.05, 0.1) is 17.9 Å². The third-order valence-electron chi connectivity index (χ3n) is 4.47. The fraction of sp³-hybridized carbons (Fsp3) is 0.222. The largest absolute Gasteiger partial charge is 0.476 e. The van der Waals surface area contributed by atoms with Gasteiger partial charge in [-0.3, -0.25) is 4.79 Å². The standard InChI is InChI=1S/C18H15ClN4O4/c1-10-8-14(21-27-10)17(24)22-7-6-15-13(9-22)16(18(25)26)20-23(15)12-4-2-11(19)3-5-12/h2-5,8H,6-7,9H2,1H3,(H,25,26). The number of aryl methyl sites for hydroxylation is 1. The molecule has 0 unspecified atom stereocenters. The highest BCUT2D eigenvalue weighted by atomic mass is 35.5. The highest BCUT2D eigenvalue weighted by Gasteiger charge is 2.31. The number of carbonyl (C=O) groups excluding carboxylic acids is 1. The molecule has 0 spiro atoms. The maximum atomic E-state index is 12.6. The molecule has 0 saturated heterocycles. The Labute approximate surface area is 158 Å². The SMILES string of the molecule is Cc1cc(C(=O)N2CCc3c(c(C(=O)O)nn3-c3ccc(Cl)cc3)C2)no1. The van der Waals surface area contributed by atoms with Crippen molar-refractivity contribution in [2.24, 2.45) is 0 Å². The topological polar surface area (TPSA) is 101 Å². The van der Waals surface area contributed by atoms with E-state index < -0.39 is 5.97 Å². The molecule has 1 amide bonds. The molecule has 138 valence electrons. The average Bonchev–Trinajstić information content (AvgIpc) is 3.25. The highest BCUT2D eigenvalue weighted by molar-refractivity contribution is 6.30. The van der Waals surface area contributed by atoms with Crippen molar-refractivity contribution in [2.45, 2.75) is 19.9 Å². The molecule has 1 N–H and O–H groups in total. The second kappa shape index (κ2) is 6.55. The van der Waals surface area contributed by atoms with Gasteiger partial charge in [-0.05, 0) is 31.2 Å². The Hall–Kier alpha value is -3.13. The summed E-state index contributed by atoms with van der Waals surface area (Å²) in [5, 5.41) is 18.2. The summed E-state index contributed by atoms with van der Waals surface area (Å²) in [7, 11) is 0. The fourth-order valence-corrected chi connectivity index (χ4v) is 3.32. The number of rotatable bonds is 3. The van der Waals surface area contributed by atoms with Gasteiger partial charge < -0.3 is 14.5 Å². The molecule has 0 bridgehead atoms. The first-order valence-electron chi connectivity index (χ1n) is 8.26. The molecule has 0 radical (unpaired) electrons. The Balaban J connectivity index is 1.71. The van der Waals surface area contributed by atoms with E-state index >= 15 is 0 Å². The Morgan fingerprint density at radius 1 is 1.26 bits per heavy atom. The summed E-state index contributed by atoms with van der Waals surface area (Å²) in [6.45, 7) is 2.28. The highest BCUT2D eigenvalue weighted by Crippen LogP contribution is 2.27. The van der Waals surface area contributed by atoms with Crippen molar-refractivity contribution in [3.05, 3.63) is 63.8 Å². The zero-order valence-corrected chi connectivity index (χ0v) is 15.1. The number of hydrogen-bond acceptors (Lipinski definition) is 5. The number of carboxylic acids is 1. The third kappa shape index (κ3) is 3.08. The Bertz CT molecular complexity index is 1040. The van der Waals surface area contributed by atoms with E-state index in [9.17, 15) is 14.7 Å². The minimum absolute atomic E-state index is 0.0613. The number of hydrogen-bond donors (Lipinski definition) is 1. The maximum absolute atomic E-state index is 12.6. The molecule has 2 aromatic heterocycles. The van der Waals surface area contributed by atoms with Gasteiger partial charge in [-0.15, -0.1) is 0 Å². The number of aromatic carboxylic acids is 1. The van der Waals surface area contributed by atoms with Crippen molar-refractivity contribution in [3.8, 4) is 5.69 Å². The van der Waals surface area contributed by atoms with Crippen LogP contribution in [0.5, 0.6) is 0 Å². The lowest BCUT2D eigenvalue weighted by atomic mass is 10.0. The molecule has 9 heteroatoms. The summed E-state index contributed by atoms with van der Waals surface area (Å²) in [4.78, 5) is 25.9. The molecule has 3 heterocycles. The third-order valence-corrected chi connectivity index (χ3v) is 4.72. The smallest absolute Gasteiger partial charge is 0.356 e. The van der Waals surface area contributed by atoms with Crippen LogP contribution in [0.2, 0.25) is 5.02 Å². The molecule has 1 aliphatic heterocycles. The first-order chi connectivity index (χ1) is 12.9. The van der Waals surface area contributed by atoms with Crippen LogP contribution in [-0.4, -0.2) is 43.4 Å². The number of carbonyl (C=O) groups is 2. The first-order valence-corrected chi connectivity index (χ1v) is 8.64. The van der Waals surface area contributed by atoms with Gasteiger partial charge in [0.2, 0.25) is 0 Å². The van der Waals surface area contributed by atoms with Gasteiger partial charge in [-0.25, -0.2) is 9.48 Å². The second-order valence-electron chi connectivity index (χ2n) is 6.27. The van der Waals surface area contributed by atoms with Crippen molar-refractivity contribution >= 4 is 23.5 Å². The van der Waals surface area contributed by atoms with Crippen molar-refractivity contribution in [1.82, 2.24) is 19.8 Å². The van der Waals surface area contributed by atoms with E-state index in [-0.39, 0.29) is 23.8 Å². The molecule has 3 aromatic rings. The minimum Gasteiger partial charge on any atom is -0.476 e. The minimum atomic E-state index is -1.13. The predicted molar refractivity (Wildman–Crippen MR) is 95.2 cm³/mol. The van der Waals surface area contributed by atoms with Gasteiger partial charge in [0.1, 0.15) is 5.76 Å². The summed E-state index contributed by atoms with van der Waals surface area (Å²) in [6, 6.07) is 8.55. The zero-order chi connectivity index (χ0) is 19.1. The van der Waals surface area contributed by atoms with Crippen LogP contribution in [0.25, 0.3) is 5.69 Å². The van der Waals surface area contributed by atoms with Crippen LogP contribution in [0.4, 0.5) is 0 Å². The van der Waals surface area contributed by atoms with E-state index in [2.05, 4.69) is 10.3 Å². The van der Waals surface area contributed by atoms with Crippen molar-refractivity contribution in [1.29, 1.82) is 0 Å². The zero-order valence-electron chi connectivity index (χ0n) is 14.3. The molecule has 1 aromatic carbocycles. The quantitative estimate of drug-likeness (QED) is 0.742. The van der Waals surface area contributed by atoms with Gasteiger partial charge in [0.15, 0.2) is 11.4 Å². The predicted octanol–water partition coefficient (Wildman–Crippen LogP) is 2.72. The normalized spacial score (nSPS) is 13.5. The molecule has 8 nitrogen and oxygen atoms in total. The molecule has 27 heavy (non-hydrogen) atoms. The lowest BCUT2D eigenvalue weighted by Crippen LogP contribution is -2.36. The number of halogens is 1. The molecule has 0 aliphatic carbocycles. The fourth-order valence-electron chi connectivity index (χ4n) is 3.19. The van der Waals surface area contributed by atoms with Gasteiger partial charge in [-0.1, -0.05) is 16.8 Å². The van der Waals surface area contributed by atoms with Gasteiger partial charge in [0, 0.05) is 29.6 Å². The lowest BCUT2D eigenvalue weighted by Gasteiger charge is -2.27. The van der Waals surface area contributed by atoms with E-state index in [0.29, 0.717) is 29.3 Å². The van der Waals surface area contributed by atoms with E-state index in [1.54, 1.807) is 46.8 Å². The number of fused-ring (bicyclic) bond motifs is 1. The number of carboxylic acid groups (broad SMARTS) is 1. The van der Waals surface area contributed by atoms with E-state index in [4.69, 9.17) is 16.1 Å². The number of amides is 1. The van der Waals surface area contributed by atoms with Crippen molar-refractivity contribution in [2.75, 3.05) is 6.54 Å². The Morgan fingerprint density at radius 2 is 2.00 bits per heavy atom. The van der Waals surface area contributed by atoms with Gasteiger partial charge in [-0.2, -0.15) is 5.10 Å². The molecule has 0 fully saturated rings. The summed E-state index contributed by atoms with van der Waals surface area (Å²) in [5.41, 5.74) is 2.16. The number of benzene rings is 1. The Morgan fingerprint density at radius 3 is 2.63 bits per heavy atom. The lowest BCUT2D eigenvalue weighted by molar-refractivity contribution is 0.0671. The summed E-state index contributed by atoms with van der Waals surface area (Å²) >= 11 is 5.93. The summed E-state index contributed by atoms with van der Waals surface area (Å²) < 4.78 is 6.57. The molecular weight excluding hydrogens is 372 g/mol. The van der Waals surface area contributed by atoms with E-state index in [1.807, 2.05) is 0 Å². The monoisotopic (exact) mass is 386 g/mol. The van der Waals surface area contributed by atoms with Crippen LogP contribution >= 0.6 is 11.6 Å². The van der Waals surface area contributed by atoms with Crippen molar-refractivity contribution < 1.29 is 19.2 Å². The van der Waals surface area contributed by atoms with Crippen LogP contribution in [-0.2, 0) is 13.0 Å². The van der Waals surface area contributed by atoms with Gasteiger partial charge in [0.25, 0.3) is 5.91 Å². The van der Waals surface area contributed by atoms with Crippen LogP contribution in [0.1, 0.15) is 38.0 Å². The number of aromatic nitrogens is 3. The molecule has 1 aliphatic rings. The van der Waals surface area contributed by atoms with Crippen molar-refractivity contribution in [3.63, 3.8) is 0 Å². The Kier molecular flexibility index (Phi) is 4.19. The summed E-state index contributed by atoms with van der Waals surface area (Å²) in [6.07, 6.45) is 0.473. The van der Waals surface area contributed by atoms with E-state index in [0.717, 1.165) is 11.4 Å². The molecular formula is C18H15ClN4O4. The average molecular weight is 387 g/mol. The van der Waals surface area contributed by atoms with Crippen LogP contribution in [0.3, 0.4) is 0 Å². The maximum Gasteiger partial charge on any atom is 0.356 e. The number of nitrogens with zero attached hydrogens (tertiary/aromatic N) is 4. The second-order valence-corrected chi connectivity index (χ2v) is 6.70. The first kappa shape index (κ1) is 17.3. The van der Waals surface area contributed by atoms with Crippen LogP contribution < -0.4 is 0 Å². The van der Waals surface area contributed by atoms with Crippen LogP contribution in [0, 0.1) is 6.92 Å². The molecule has 0 saturated carbocycles. The molecule has 0 atom stereocenters. The van der Waals surface area contributed by atoms with E-state index in [1.165, 1.54) is 0 Å². The molecule has 4 rings (SSSR count). The van der Waals surface area contributed by atoms with Gasteiger partial charge >= 0.3 is 5.97 Å². The van der Waals surface area contributed by atoms with Crippen LogP contribution in [0.15, 0.2) is 34.9 Å². The summed E-state index contributed by atoms with van der Waals surface area (Å²) in [5.74, 6) is -0.892.